The van der Waals surface area contributed by atoms with Crippen LogP contribution in [0.3, 0.4) is 0 Å². The first kappa shape index (κ1) is 25.0. The highest BCUT2D eigenvalue weighted by Gasteiger charge is 2.39. The van der Waals surface area contributed by atoms with Crippen molar-refractivity contribution in [3.05, 3.63) is 47.5 Å². The van der Waals surface area contributed by atoms with E-state index in [9.17, 15) is 4.79 Å². The molecule has 0 aromatic heterocycles. The van der Waals surface area contributed by atoms with Gasteiger partial charge in [-0.05, 0) is 45.0 Å². The molecule has 1 amide bonds. The van der Waals surface area contributed by atoms with Gasteiger partial charge in [-0.25, -0.2) is 0 Å². The Kier molecular flexibility index (Phi) is 10.7. The van der Waals surface area contributed by atoms with Gasteiger partial charge >= 0.3 is 0 Å². The number of nitrogens with zero attached hydrogens (tertiary/aromatic N) is 3. The minimum Gasteiger partial charge on any atom is -0.355 e. The van der Waals surface area contributed by atoms with Crippen molar-refractivity contribution in [2.24, 2.45) is 0 Å². The fourth-order valence-corrected chi connectivity index (χ4v) is 3.72. The van der Waals surface area contributed by atoms with E-state index < -0.39 is 0 Å². The van der Waals surface area contributed by atoms with Gasteiger partial charge in [0.25, 0.3) is 0 Å². The van der Waals surface area contributed by atoms with Crippen LogP contribution in [0.25, 0.3) is 0 Å². The summed E-state index contributed by atoms with van der Waals surface area (Å²) in [6.45, 7) is 7.31. The van der Waals surface area contributed by atoms with Gasteiger partial charge in [-0.15, -0.1) is 0 Å². The summed E-state index contributed by atoms with van der Waals surface area (Å²) in [5.41, 5.74) is 0. The molecule has 1 aromatic carbocycles. The quantitative estimate of drug-likeness (QED) is 0.244. The molecule has 8 heteroatoms. The molecule has 0 spiro atoms. The molecule has 3 unspecified atom stereocenters. The lowest BCUT2D eigenvalue weighted by Gasteiger charge is -2.33. The molecule has 3 heterocycles. The monoisotopic (exact) mass is 447 g/mol. The number of piperidine rings is 1. The number of amidine groups is 1. The highest BCUT2D eigenvalue weighted by atomic mass is 35.5. The molecule has 3 aliphatic rings. The summed E-state index contributed by atoms with van der Waals surface area (Å²) >= 11 is 5.54. The Hall–Kier alpha value is -2.22. The summed E-state index contributed by atoms with van der Waals surface area (Å²) in [4.78, 5) is 27.4. The van der Waals surface area contributed by atoms with E-state index in [2.05, 4.69) is 22.2 Å². The third-order valence-electron chi connectivity index (χ3n) is 5.45. The molecule has 4 rings (SSSR count). The van der Waals surface area contributed by atoms with Crippen LogP contribution in [-0.4, -0.2) is 91.1 Å². The molecule has 2 N–H and O–H groups in total. The predicted octanol–water partition coefficient (Wildman–Crippen LogP) is 2.28. The fraction of sp³-hybridized carbons (Fsp3) is 0.522. The van der Waals surface area contributed by atoms with Gasteiger partial charge in [0.2, 0.25) is 5.91 Å². The van der Waals surface area contributed by atoms with Crippen molar-refractivity contribution in [3.63, 3.8) is 0 Å². The van der Waals surface area contributed by atoms with Gasteiger partial charge in [0, 0.05) is 62.5 Å². The molecular weight excluding hydrogens is 414 g/mol. The van der Waals surface area contributed by atoms with E-state index in [4.69, 9.17) is 21.8 Å². The Labute approximate surface area is 190 Å². The second kappa shape index (κ2) is 13.2. The first-order valence-electron chi connectivity index (χ1n) is 10.8. The Bertz CT molecular complexity index is 735. The number of halogens is 1. The lowest BCUT2D eigenvalue weighted by molar-refractivity contribution is -0.117. The molecule has 3 saturated heterocycles. The van der Waals surface area contributed by atoms with Crippen LogP contribution in [0.5, 0.6) is 0 Å². The predicted molar refractivity (Wildman–Crippen MR) is 126 cm³/mol. The number of amides is 1. The number of fused-ring (bicyclic) bond motifs is 1. The van der Waals surface area contributed by atoms with Crippen molar-refractivity contribution < 1.29 is 9.59 Å². The maximum absolute atomic E-state index is 11.9. The zero-order valence-electron chi connectivity index (χ0n) is 18.5. The van der Waals surface area contributed by atoms with Crippen LogP contribution in [0.4, 0.5) is 0 Å². The molecule has 31 heavy (non-hydrogen) atoms. The van der Waals surface area contributed by atoms with Crippen LogP contribution in [0.1, 0.15) is 19.8 Å². The van der Waals surface area contributed by atoms with Crippen LogP contribution in [0.2, 0.25) is 5.02 Å². The summed E-state index contributed by atoms with van der Waals surface area (Å²) in [5, 5.41) is 11.9. The van der Waals surface area contributed by atoms with E-state index in [0.717, 1.165) is 56.5 Å². The molecule has 3 fully saturated rings. The van der Waals surface area contributed by atoms with E-state index in [1.54, 1.807) is 6.08 Å². The second-order valence-corrected chi connectivity index (χ2v) is 8.37. The molecule has 7 nitrogen and oxygen atoms in total. The molecule has 0 bridgehead atoms. The van der Waals surface area contributed by atoms with E-state index in [1.807, 2.05) is 35.2 Å². The molecule has 170 valence electrons. The van der Waals surface area contributed by atoms with Gasteiger partial charge in [0.05, 0.1) is 0 Å². The highest BCUT2D eigenvalue weighted by molar-refractivity contribution is 6.30. The normalized spacial score (nSPS) is 24.6. The zero-order chi connectivity index (χ0) is 22.6. The van der Waals surface area contributed by atoms with E-state index in [1.165, 1.54) is 26.0 Å². The summed E-state index contributed by atoms with van der Waals surface area (Å²) in [6.07, 6.45) is 6.17. The van der Waals surface area contributed by atoms with Crippen LogP contribution >= 0.6 is 11.6 Å². The molecule has 0 aliphatic carbocycles. The van der Waals surface area contributed by atoms with Gasteiger partial charge in [-0.3, -0.25) is 15.1 Å². The molecule has 3 atom stereocenters. The first-order valence-corrected chi connectivity index (χ1v) is 11.2. The number of piperazine rings is 1. The highest BCUT2D eigenvalue weighted by Crippen LogP contribution is 2.28. The molecular formula is C23H34ClN5O2. The fourth-order valence-electron chi connectivity index (χ4n) is 3.58. The third kappa shape index (κ3) is 9.63. The summed E-state index contributed by atoms with van der Waals surface area (Å²) in [7, 11) is 2.09. The largest absolute Gasteiger partial charge is 0.355 e. The number of hydrogen-bond donors (Lipinski definition) is 2. The Morgan fingerprint density at radius 1 is 1.10 bits per heavy atom. The van der Waals surface area contributed by atoms with Crippen molar-refractivity contribution in [2.45, 2.75) is 31.8 Å². The maximum Gasteiger partial charge on any atom is 0.244 e. The number of rotatable bonds is 3. The smallest absolute Gasteiger partial charge is 0.244 e. The van der Waals surface area contributed by atoms with Gasteiger partial charge in [0.1, 0.15) is 12.1 Å². The number of carbonyl (C=O) groups excluding carboxylic acids is 2. The number of benzene rings is 1. The number of likely N-dealkylation sites (N-methyl/N-ethyl adjacent to an activating group) is 1. The van der Waals surface area contributed by atoms with Crippen LogP contribution in [-0.2, 0) is 9.59 Å². The number of aldehydes is 1. The standard InChI is InChI=1S/C15H25N5O.C6H5Cl.C2H4O/c1-18-6-8-19(9-7-18)14(16)4-5-15(21)17-12-2-3-13-11-20(13)10-12;7-6-4-2-1-3-5-6;1-2-3/h4-5,12-13,16H,2-3,6-11H2,1H3,(H,17,21);1-5H;2H,1H3/b5-4-,16-14?;;. The number of hydrogen-bond acceptors (Lipinski definition) is 5. The Morgan fingerprint density at radius 3 is 2.29 bits per heavy atom. The molecule has 0 radical (unpaired) electrons. The first-order chi connectivity index (χ1) is 14.9. The summed E-state index contributed by atoms with van der Waals surface area (Å²) < 4.78 is 0. The van der Waals surface area contributed by atoms with E-state index in [0.29, 0.717) is 5.84 Å². The minimum absolute atomic E-state index is 0.0702. The van der Waals surface area contributed by atoms with Gasteiger partial charge in [0.15, 0.2) is 0 Å². The van der Waals surface area contributed by atoms with Crippen molar-refractivity contribution in [3.8, 4) is 0 Å². The number of nitrogens with one attached hydrogen (secondary N) is 2. The van der Waals surface area contributed by atoms with E-state index in [-0.39, 0.29) is 11.9 Å². The Morgan fingerprint density at radius 2 is 1.74 bits per heavy atom. The maximum atomic E-state index is 11.9. The van der Waals surface area contributed by atoms with Crippen molar-refractivity contribution in [1.82, 2.24) is 20.0 Å². The summed E-state index contributed by atoms with van der Waals surface area (Å²) in [6, 6.07) is 10.5. The lowest BCUT2D eigenvalue weighted by Crippen LogP contribution is -2.46. The SMILES string of the molecule is CC=O.CN1CCN(C(=N)/C=C\C(=O)NC2CCC3CN3C2)CC1.Clc1ccccc1. The number of carbonyl (C=O) groups is 2. The zero-order valence-corrected chi connectivity index (χ0v) is 19.2. The van der Waals surface area contributed by atoms with Crippen LogP contribution < -0.4 is 5.32 Å². The average Bonchev–Trinajstić information content (AvgIpc) is 3.53. The van der Waals surface area contributed by atoms with E-state index >= 15 is 0 Å². The van der Waals surface area contributed by atoms with Gasteiger partial charge < -0.3 is 19.9 Å². The minimum atomic E-state index is -0.0702. The Balaban J connectivity index is 0.000000284. The average molecular weight is 448 g/mol. The molecule has 1 aromatic rings. The molecule has 3 aliphatic heterocycles. The topological polar surface area (TPSA) is 79.5 Å². The third-order valence-corrected chi connectivity index (χ3v) is 5.70. The van der Waals surface area contributed by atoms with Gasteiger partial charge in [-0.2, -0.15) is 0 Å². The lowest BCUT2D eigenvalue weighted by atomic mass is 10.1. The van der Waals surface area contributed by atoms with Crippen molar-refractivity contribution >= 4 is 29.6 Å². The van der Waals surface area contributed by atoms with Crippen molar-refractivity contribution in [1.29, 1.82) is 5.41 Å². The van der Waals surface area contributed by atoms with Crippen molar-refractivity contribution in [2.75, 3.05) is 46.3 Å². The second-order valence-electron chi connectivity index (χ2n) is 7.93. The summed E-state index contributed by atoms with van der Waals surface area (Å²) in [5.74, 6) is 0.368. The molecule has 0 saturated carbocycles. The van der Waals surface area contributed by atoms with Crippen LogP contribution in [0.15, 0.2) is 42.5 Å². The van der Waals surface area contributed by atoms with Crippen LogP contribution in [0, 0.1) is 5.41 Å². The van der Waals surface area contributed by atoms with Gasteiger partial charge in [-0.1, -0.05) is 29.8 Å².